The summed E-state index contributed by atoms with van der Waals surface area (Å²) in [6.07, 6.45) is 0. The fourth-order valence-electron chi connectivity index (χ4n) is 1.40. The minimum absolute atomic E-state index is 0.691. The van der Waals surface area contributed by atoms with Gasteiger partial charge in [0.05, 0.1) is 5.02 Å². The van der Waals surface area contributed by atoms with Crippen molar-refractivity contribution in [2.45, 2.75) is 6.92 Å². The monoisotopic (exact) mass is 201 g/mol. The van der Waals surface area contributed by atoms with Gasteiger partial charge >= 0.3 is 0 Å². The molecule has 0 aromatic heterocycles. The minimum Gasteiger partial charge on any atom is -0.0830 e. The van der Waals surface area contributed by atoms with Crippen LogP contribution in [0.5, 0.6) is 0 Å². The third kappa shape index (κ3) is 1.80. The number of halogens is 1. The van der Waals surface area contributed by atoms with Crippen molar-refractivity contribution in [3.63, 3.8) is 0 Å². The smallest absolute Gasteiger partial charge is 0.0566 e. The van der Waals surface area contributed by atoms with Crippen LogP contribution in [0.3, 0.4) is 0 Å². The zero-order valence-corrected chi connectivity index (χ0v) is 8.68. The lowest BCUT2D eigenvalue weighted by Crippen LogP contribution is -1.80. The van der Waals surface area contributed by atoms with Crippen molar-refractivity contribution < 1.29 is 0 Å². The summed E-state index contributed by atoms with van der Waals surface area (Å²) in [5.41, 5.74) is 3.24. The Morgan fingerprint density at radius 1 is 1.00 bits per heavy atom. The van der Waals surface area contributed by atoms with Crippen molar-refractivity contribution in [1.29, 1.82) is 0 Å². The van der Waals surface area contributed by atoms with Gasteiger partial charge in [-0.05, 0) is 18.1 Å². The molecule has 0 aliphatic rings. The second-order valence-electron chi connectivity index (χ2n) is 3.24. The second-order valence-corrected chi connectivity index (χ2v) is 3.61. The highest BCUT2D eigenvalue weighted by Crippen LogP contribution is 2.27. The van der Waals surface area contributed by atoms with Crippen LogP contribution in [0.1, 0.15) is 5.56 Å². The molecular formula is C13H10Cl. The van der Waals surface area contributed by atoms with Crippen LogP contribution in [0.2, 0.25) is 5.02 Å². The highest BCUT2D eigenvalue weighted by atomic mass is 35.5. The molecule has 0 unspecified atom stereocenters. The Hall–Kier alpha value is -1.27. The van der Waals surface area contributed by atoms with Gasteiger partial charge in [0, 0.05) is 11.6 Å². The molecule has 0 fully saturated rings. The molecule has 14 heavy (non-hydrogen) atoms. The first-order chi connectivity index (χ1) is 6.77. The van der Waals surface area contributed by atoms with E-state index in [0.29, 0.717) is 5.02 Å². The van der Waals surface area contributed by atoms with Crippen LogP contribution in [0, 0.1) is 13.0 Å². The van der Waals surface area contributed by atoms with Crippen molar-refractivity contribution in [2.24, 2.45) is 0 Å². The van der Waals surface area contributed by atoms with E-state index >= 15 is 0 Å². The Labute approximate surface area is 89.2 Å². The molecule has 0 bridgehead atoms. The van der Waals surface area contributed by atoms with Crippen molar-refractivity contribution >= 4 is 11.6 Å². The Morgan fingerprint density at radius 3 is 2.36 bits per heavy atom. The lowest BCUT2D eigenvalue weighted by Gasteiger charge is -2.04. The predicted molar refractivity (Wildman–Crippen MR) is 60.5 cm³/mol. The molecule has 0 nitrogen and oxygen atoms in total. The number of hydrogen-bond donors (Lipinski definition) is 0. The van der Waals surface area contributed by atoms with Crippen molar-refractivity contribution in [2.75, 3.05) is 0 Å². The van der Waals surface area contributed by atoms with Crippen LogP contribution in [-0.4, -0.2) is 0 Å². The second kappa shape index (κ2) is 3.85. The van der Waals surface area contributed by atoms with Crippen molar-refractivity contribution in [3.8, 4) is 11.1 Å². The zero-order valence-electron chi connectivity index (χ0n) is 7.92. The van der Waals surface area contributed by atoms with Crippen LogP contribution in [0.25, 0.3) is 11.1 Å². The molecule has 0 atom stereocenters. The zero-order chi connectivity index (χ0) is 9.97. The van der Waals surface area contributed by atoms with Crippen molar-refractivity contribution in [3.05, 3.63) is 59.1 Å². The van der Waals surface area contributed by atoms with E-state index in [2.05, 4.69) is 6.07 Å². The van der Waals surface area contributed by atoms with E-state index < -0.39 is 0 Å². The molecule has 1 heteroatoms. The van der Waals surface area contributed by atoms with Gasteiger partial charge in [0.25, 0.3) is 0 Å². The van der Waals surface area contributed by atoms with Crippen LogP contribution < -0.4 is 0 Å². The van der Waals surface area contributed by atoms with E-state index in [1.807, 2.05) is 49.4 Å². The minimum atomic E-state index is 0.691. The van der Waals surface area contributed by atoms with Gasteiger partial charge in [-0.25, -0.2) is 0 Å². The maximum Gasteiger partial charge on any atom is 0.0566 e. The lowest BCUT2D eigenvalue weighted by molar-refractivity contribution is 1.46. The summed E-state index contributed by atoms with van der Waals surface area (Å²) in [7, 11) is 0. The standard InChI is InChI=1S/C13H10Cl/c1-10-7-8-12(13(14)9-10)11-5-3-2-4-6-11/h2-8H,1H3. The van der Waals surface area contributed by atoms with Gasteiger partial charge in [-0.2, -0.15) is 0 Å². The molecule has 0 saturated carbocycles. The Balaban J connectivity index is 2.53. The highest BCUT2D eigenvalue weighted by Gasteiger charge is 2.02. The maximum atomic E-state index is 6.11. The van der Waals surface area contributed by atoms with Gasteiger partial charge in [-0.1, -0.05) is 54.1 Å². The Bertz CT molecular complexity index is 432. The molecule has 2 aromatic rings. The van der Waals surface area contributed by atoms with E-state index in [1.165, 1.54) is 0 Å². The molecule has 2 aromatic carbocycles. The first-order valence-corrected chi connectivity index (χ1v) is 4.89. The molecule has 2 rings (SSSR count). The average Bonchev–Trinajstić information content (AvgIpc) is 2.19. The summed E-state index contributed by atoms with van der Waals surface area (Å²) in [5, 5.41) is 0.691. The van der Waals surface area contributed by atoms with Gasteiger partial charge in [0.15, 0.2) is 0 Å². The first kappa shape index (κ1) is 9.29. The summed E-state index contributed by atoms with van der Waals surface area (Å²) in [5.74, 6) is 0. The molecule has 1 radical (unpaired) electrons. The molecule has 0 aliphatic heterocycles. The molecule has 0 N–H and O–H groups in total. The quantitative estimate of drug-likeness (QED) is 0.651. The van der Waals surface area contributed by atoms with E-state index in [-0.39, 0.29) is 0 Å². The average molecular weight is 202 g/mol. The highest BCUT2D eigenvalue weighted by molar-refractivity contribution is 6.33. The van der Waals surface area contributed by atoms with E-state index in [4.69, 9.17) is 11.6 Å². The molecule has 0 saturated heterocycles. The van der Waals surface area contributed by atoms with Crippen LogP contribution in [-0.2, 0) is 0 Å². The van der Waals surface area contributed by atoms with Gasteiger partial charge in [-0.3, -0.25) is 0 Å². The predicted octanol–water partition coefficient (Wildman–Crippen LogP) is 4.12. The summed E-state index contributed by atoms with van der Waals surface area (Å²) in [4.78, 5) is 0. The summed E-state index contributed by atoms with van der Waals surface area (Å²) in [6.45, 7) is 1.99. The number of hydrogen-bond acceptors (Lipinski definition) is 0. The Kier molecular flexibility index (Phi) is 2.55. The van der Waals surface area contributed by atoms with E-state index in [9.17, 15) is 0 Å². The fourth-order valence-corrected chi connectivity index (χ4v) is 1.73. The van der Waals surface area contributed by atoms with E-state index in [1.54, 1.807) is 0 Å². The van der Waals surface area contributed by atoms with Crippen LogP contribution in [0.15, 0.2) is 42.5 Å². The normalized spacial score (nSPS) is 10.1. The van der Waals surface area contributed by atoms with Crippen LogP contribution in [0.4, 0.5) is 0 Å². The summed E-state index contributed by atoms with van der Waals surface area (Å²) >= 11 is 6.11. The molecule has 0 spiro atoms. The van der Waals surface area contributed by atoms with Crippen LogP contribution >= 0.6 is 11.6 Å². The van der Waals surface area contributed by atoms with Gasteiger partial charge in [0.2, 0.25) is 0 Å². The molecule has 0 amide bonds. The van der Waals surface area contributed by atoms with Gasteiger partial charge in [-0.15, -0.1) is 0 Å². The number of rotatable bonds is 1. The Morgan fingerprint density at radius 2 is 1.71 bits per heavy atom. The number of aryl methyl sites for hydroxylation is 1. The summed E-state index contributed by atoms with van der Waals surface area (Å²) in [6, 6.07) is 17.3. The molecule has 0 aliphatic carbocycles. The third-order valence-corrected chi connectivity index (χ3v) is 2.43. The topological polar surface area (TPSA) is 0 Å². The van der Waals surface area contributed by atoms with Gasteiger partial charge in [0.1, 0.15) is 0 Å². The summed E-state index contributed by atoms with van der Waals surface area (Å²) < 4.78 is 0. The van der Waals surface area contributed by atoms with E-state index in [0.717, 1.165) is 16.7 Å². The molecule has 69 valence electrons. The SMILES string of the molecule is Cc1[c]c(Cl)c(-c2ccccc2)cc1. The van der Waals surface area contributed by atoms with Gasteiger partial charge < -0.3 is 0 Å². The largest absolute Gasteiger partial charge is 0.0830 e. The third-order valence-electron chi connectivity index (χ3n) is 2.13. The number of benzene rings is 2. The molecule has 0 heterocycles. The maximum absolute atomic E-state index is 6.11. The lowest BCUT2D eigenvalue weighted by atomic mass is 10.0. The fraction of sp³-hybridized carbons (Fsp3) is 0.0769. The first-order valence-electron chi connectivity index (χ1n) is 4.51. The molecular weight excluding hydrogens is 192 g/mol. The van der Waals surface area contributed by atoms with Crippen molar-refractivity contribution in [1.82, 2.24) is 0 Å².